The minimum absolute atomic E-state index is 0.0993. The zero-order chi connectivity index (χ0) is 21.9. The first-order chi connectivity index (χ1) is 15.7. The highest BCUT2D eigenvalue weighted by atomic mass is 79.9. The highest BCUT2D eigenvalue weighted by molar-refractivity contribution is 9.10. The number of thiophene rings is 1. The Labute approximate surface area is 199 Å². The van der Waals surface area contributed by atoms with Crippen molar-refractivity contribution in [1.29, 1.82) is 0 Å². The number of rotatable bonds is 5. The van der Waals surface area contributed by atoms with Crippen LogP contribution in [0.15, 0.2) is 80.6 Å². The van der Waals surface area contributed by atoms with E-state index in [9.17, 15) is 4.79 Å². The zero-order valence-electron chi connectivity index (χ0n) is 17.3. The van der Waals surface area contributed by atoms with Crippen molar-refractivity contribution in [2.24, 2.45) is 4.99 Å². The Balaban J connectivity index is 1.43. The molecule has 5 rings (SSSR count). The fraction of sp³-hybridized carbons (Fsp3) is 0.154. The zero-order valence-corrected chi connectivity index (χ0v) is 19.7. The molecule has 2 aromatic carbocycles. The molecule has 1 amide bonds. The Hall–Kier alpha value is -2.96. The smallest absolute Gasteiger partial charge is 0.259 e. The number of benzene rings is 2. The minimum Gasteiger partial charge on any atom is -0.455 e. The van der Waals surface area contributed by atoms with Crippen LogP contribution in [0.25, 0.3) is 11.3 Å². The SMILES string of the molecule is O=C(Nc1ccccc1)c1c(N=Cc2ccc(-c3ccc(Br)cc3)o2)sc2c1CCCC2. The van der Waals surface area contributed by atoms with Gasteiger partial charge < -0.3 is 9.73 Å². The molecular formula is C26H21BrN2O2S. The highest BCUT2D eigenvalue weighted by Gasteiger charge is 2.25. The first-order valence-corrected chi connectivity index (χ1v) is 12.2. The molecule has 4 nitrogen and oxygen atoms in total. The number of nitrogens with zero attached hydrogens (tertiary/aromatic N) is 1. The number of carbonyl (C=O) groups is 1. The minimum atomic E-state index is -0.0993. The Morgan fingerprint density at radius 1 is 1.00 bits per heavy atom. The van der Waals surface area contributed by atoms with Crippen molar-refractivity contribution in [3.63, 3.8) is 0 Å². The van der Waals surface area contributed by atoms with Crippen molar-refractivity contribution in [3.8, 4) is 11.3 Å². The molecule has 0 atom stereocenters. The van der Waals surface area contributed by atoms with Gasteiger partial charge in [-0.05, 0) is 67.6 Å². The summed E-state index contributed by atoms with van der Waals surface area (Å²) in [6.45, 7) is 0. The van der Waals surface area contributed by atoms with Crippen LogP contribution >= 0.6 is 27.3 Å². The molecule has 4 aromatic rings. The average Bonchev–Trinajstić information content (AvgIpc) is 3.43. The van der Waals surface area contributed by atoms with E-state index in [-0.39, 0.29) is 5.91 Å². The number of amides is 1. The van der Waals surface area contributed by atoms with E-state index < -0.39 is 0 Å². The topological polar surface area (TPSA) is 54.6 Å². The second-order valence-electron chi connectivity index (χ2n) is 7.68. The molecule has 32 heavy (non-hydrogen) atoms. The first-order valence-electron chi connectivity index (χ1n) is 10.6. The standard InChI is InChI=1S/C26H21BrN2O2S/c27-18-12-10-17(11-13-18)22-15-14-20(31-22)16-28-26-24(21-8-4-5-9-23(21)32-26)25(30)29-19-6-2-1-3-7-19/h1-3,6-7,10-16H,4-5,8-9H2,(H,29,30). The Bertz CT molecular complexity index is 1270. The fourth-order valence-electron chi connectivity index (χ4n) is 3.91. The van der Waals surface area contributed by atoms with Crippen molar-refractivity contribution in [2.45, 2.75) is 25.7 Å². The first kappa shape index (κ1) is 20.9. The third-order valence-corrected chi connectivity index (χ3v) is 7.20. The molecule has 2 heterocycles. The molecule has 0 aliphatic heterocycles. The molecule has 1 N–H and O–H groups in total. The van der Waals surface area contributed by atoms with Gasteiger partial charge >= 0.3 is 0 Å². The van der Waals surface area contributed by atoms with Gasteiger partial charge in [0.25, 0.3) is 5.91 Å². The maximum atomic E-state index is 13.2. The van der Waals surface area contributed by atoms with Gasteiger partial charge in [0.2, 0.25) is 0 Å². The summed E-state index contributed by atoms with van der Waals surface area (Å²) >= 11 is 5.07. The van der Waals surface area contributed by atoms with Gasteiger partial charge in [-0.2, -0.15) is 0 Å². The van der Waals surface area contributed by atoms with E-state index in [0.717, 1.165) is 57.7 Å². The average molecular weight is 505 g/mol. The van der Waals surface area contributed by atoms with E-state index >= 15 is 0 Å². The number of halogens is 1. The maximum absolute atomic E-state index is 13.2. The van der Waals surface area contributed by atoms with Gasteiger partial charge in [0, 0.05) is 20.6 Å². The maximum Gasteiger partial charge on any atom is 0.259 e. The van der Waals surface area contributed by atoms with Crippen LogP contribution in [0.5, 0.6) is 0 Å². The molecule has 0 spiro atoms. The summed E-state index contributed by atoms with van der Waals surface area (Å²) < 4.78 is 6.99. The number of hydrogen-bond acceptors (Lipinski definition) is 4. The van der Waals surface area contributed by atoms with E-state index in [1.165, 1.54) is 4.88 Å². The Morgan fingerprint density at radius 3 is 2.59 bits per heavy atom. The van der Waals surface area contributed by atoms with Gasteiger partial charge in [-0.3, -0.25) is 4.79 Å². The summed E-state index contributed by atoms with van der Waals surface area (Å²) in [5, 5.41) is 3.77. The molecule has 1 aliphatic rings. The second-order valence-corrected chi connectivity index (χ2v) is 9.68. The van der Waals surface area contributed by atoms with Crippen LogP contribution < -0.4 is 5.32 Å². The van der Waals surface area contributed by atoms with E-state index in [2.05, 4.69) is 21.2 Å². The molecule has 160 valence electrons. The summed E-state index contributed by atoms with van der Waals surface area (Å²) in [5.41, 5.74) is 3.64. The lowest BCUT2D eigenvalue weighted by atomic mass is 9.95. The summed E-state index contributed by atoms with van der Waals surface area (Å²) in [5.74, 6) is 1.34. The number of fused-ring (bicyclic) bond motifs is 1. The van der Waals surface area contributed by atoms with Crippen molar-refractivity contribution < 1.29 is 9.21 Å². The predicted molar refractivity (Wildman–Crippen MR) is 134 cm³/mol. The van der Waals surface area contributed by atoms with E-state index in [1.807, 2.05) is 66.7 Å². The van der Waals surface area contributed by atoms with Crippen LogP contribution in [0.4, 0.5) is 10.7 Å². The largest absolute Gasteiger partial charge is 0.455 e. The number of aryl methyl sites for hydroxylation is 1. The number of nitrogens with one attached hydrogen (secondary N) is 1. The molecule has 6 heteroatoms. The molecule has 1 aliphatic carbocycles. The predicted octanol–water partition coefficient (Wildman–Crippen LogP) is 7.65. The van der Waals surface area contributed by atoms with Crippen molar-refractivity contribution >= 4 is 50.1 Å². The lowest BCUT2D eigenvalue weighted by Gasteiger charge is -2.12. The highest BCUT2D eigenvalue weighted by Crippen LogP contribution is 2.40. The quantitative estimate of drug-likeness (QED) is 0.283. The third kappa shape index (κ3) is 4.47. The van der Waals surface area contributed by atoms with Gasteiger partial charge in [-0.15, -0.1) is 11.3 Å². The molecular weight excluding hydrogens is 484 g/mol. The number of para-hydroxylation sites is 1. The van der Waals surface area contributed by atoms with E-state index in [4.69, 9.17) is 9.41 Å². The number of hydrogen-bond donors (Lipinski definition) is 1. The molecule has 0 saturated heterocycles. The summed E-state index contributed by atoms with van der Waals surface area (Å²) in [6, 6.07) is 21.4. The van der Waals surface area contributed by atoms with E-state index in [1.54, 1.807) is 17.6 Å². The molecule has 0 unspecified atom stereocenters. The number of aliphatic imine (C=N–C) groups is 1. The van der Waals surface area contributed by atoms with Crippen LogP contribution in [-0.4, -0.2) is 12.1 Å². The number of anilines is 1. The summed E-state index contributed by atoms with van der Waals surface area (Å²) in [7, 11) is 0. The molecule has 0 fully saturated rings. The van der Waals surface area contributed by atoms with Crippen LogP contribution in [0.2, 0.25) is 0 Å². The van der Waals surface area contributed by atoms with Crippen molar-refractivity contribution in [3.05, 3.63) is 93.0 Å². The van der Waals surface area contributed by atoms with Crippen LogP contribution in [0.3, 0.4) is 0 Å². The lowest BCUT2D eigenvalue weighted by molar-refractivity contribution is 0.102. The normalized spacial score (nSPS) is 13.3. The van der Waals surface area contributed by atoms with Gasteiger partial charge in [-0.25, -0.2) is 4.99 Å². The van der Waals surface area contributed by atoms with Crippen molar-refractivity contribution in [1.82, 2.24) is 0 Å². The van der Waals surface area contributed by atoms with Gasteiger partial charge in [0.15, 0.2) is 0 Å². The summed E-state index contributed by atoms with van der Waals surface area (Å²) in [4.78, 5) is 19.2. The van der Waals surface area contributed by atoms with Crippen LogP contribution in [-0.2, 0) is 12.8 Å². The van der Waals surface area contributed by atoms with Gasteiger partial charge in [-0.1, -0.05) is 46.3 Å². The fourth-order valence-corrected chi connectivity index (χ4v) is 5.40. The Morgan fingerprint density at radius 2 is 1.78 bits per heavy atom. The molecule has 0 saturated carbocycles. The van der Waals surface area contributed by atoms with Gasteiger partial charge in [0.05, 0.1) is 11.8 Å². The molecule has 0 radical (unpaired) electrons. The van der Waals surface area contributed by atoms with Crippen molar-refractivity contribution in [2.75, 3.05) is 5.32 Å². The molecule has 0 bridgehead atoms. The van der Waals surface area contributed by atoms with Crippen LogP contribution in [0, 0.1) is 0 Å². The second kappa shape index (κ2) is 9.27. The van der Waals surface area contributed by atoms with Gasteiger partial charge in [0.1, 0.15) is 16.5 Å². The van der Waals surface area contributed by atoms with E-state index in [0.29, 0.717) is 11.3 Å². The summed E-state index contributed by atoms with van der Waals surface area (Å²) in [6.07, 6.45) is 5.90. The van der Waals surface area contributed by atoms with Crippen LogP contribution in [0.1, 0.15) is 39.4 Å². The third-order valence-electron chi connectivity index (χ3n) is 5.48. The Kier molecular flexibility index (Phi) is 6.06. The monoisotopic (exact) mass is 504 g/mol. The lowest BCUT2D eigenvalue weighted by Crippen LogP contribution is -2.14. The number of furan rings is 1. The molecule has 2 aromatic heterocycles. The number of carbonyl (C=O) groups excluding carboxylic acids is 1.